The van der Waals surface area contributed by atoms with Crippen LogP contribution in [-0.2, 0) is 9.59 Å². The zero-order valence-corrected chi connectivity index (χ0v) is 15.7. The highest BCUT2D eigenvalue weighted by Crippen LogP contribution is 2.29. The van der Waals surface area contributed by atoms with Gasteiger partial charge in [0.1, 0.15) is 0 Å². The Bertz CT molecular complexity index is 626. The maximum Gasteiger partial charge on any atom is 0.224 e. The summed E-state index contributed by atoms with van der Waals surface area (Å²) >= 11 is 0. The summed E-state index contributed by atoms with van der Waals surface area (Å²) in [5.41, 5.74) is 0.254. The summed E-state index contributed by atoms with van der Waals surface area (Å²) < 4.78 is 0. The first-order valence-corrected chi connectivity index (χ1v) is 9.52. The monoisotopic (exact) mass is 374 g/mol. The van der Waals surface area contributed by atoms with Gasteiger partial charge in [0.25, 0.3) is 0 Å². The number of hydrogen-bond donors (Lipinski definition) is 4. The van der Waals surface area contributed by atoms with Crippen molar-refractivity contribution in [1.82, 2.24) is 10.6 Å². The van der Waals surface area contributed by atoms with Gasteiger partial charge in [0.15, 0.2) is 0 Å². The maximum absolute atomic E-state index is 12.7. The lowest BCUT2D eigenvalue weighted by atomic mass is 9.95. The van der Waals surface area contributed by atoms with E-state index in [9.17, 15) is 19.8 Å². The van der Waals surface area contributed by atoms with Gasteiger partial charge in [-0.3, -0.25) is 9.59 Å². The van der Waals surface area contributed by atoms with E-state index in [2.05, 4.69) is 17.2 Å². The number of aliphatic hydroxyl groups excluding tert-OH is 2. The quantitative estimate of drug-likeness (QED) is 0.470. The van der Waals surface area contributed by atoms with Crippen LogP contribution in [0, 0.1) is 5.92 Å². The van der Waals surface area contributed by atoms with Crippen LogP contribution < -0.4 is 10.6 Å². The zero-order chi connectivity index (χ0) is 19.7. The summed E-state index contributed by atoms with van der Waals surface area (Å²) in [5, 5.41) is 25.0. The van der Waals surface area contributed by atoms with Gasteiger partial charge in [0.05, 0.1) is 30.7 Å². The summed E-state index contributed by atoms with van der Waals surface area (Å²) in [6.45, 7) is 3.37. The number of aliphatic hydroxyl groups is 2. The average molecular weight is 374 g/mol. The molecule has 1 aromatic carbocycles. The number of allylic oxidation sites excluding steroid dienone is 1. The van der Waals surface area contributed by atoms with Gasteiger partial charge in [-0.15, -0.1) is 6.58 Å². The van der Waals surface area contributed by atoms with Gasteiger partial charge in [0, 0.05) is 6.42 Å². The minimum Gasteiger partial charge on any atom is -0.394 e. The second kappa shape index (κ2) is 10.2. The molecule has 0 saturated heterocycles. The topological polar surface area (TPSA) is 98.7 Å². The molecule has 6 heteroatoms. The van der Waals surface area contributed by atoms with Crippen molar-refractivity contribution in [2.75, 3.05) is 13.2 Å². The molecule has 1 aliphatic rings. The molecule has 2 atom stereocenters. The van der Waals surface area contributed by atoms with E-state index in [1.807, 2.05) is 30.3 Å². The number of hydrogen-bond acceptors (Lipinski definition) is 4. The fourth-order valence-corrected chi connectivity index (χ4v) is 3.64. The Morgan fingerprint density at radius 1 is 1.19 bits per heavy atom. The maximum atomic E-state index is 12.7. The van der Waals surface area contributed by atoms with Crippen molar-refractivity contribution < 1.29 is 19.8 Å². The standard InChI is InChI=1S/C21H30N2O4/c1-2-8-17(13-19(26)23-21(15-25)11-6-7-12-21)20(27)22-18(14-24)16-9-4-3-5-10-16/h2-5,9-10,17-18,24-25H,1,6-8,11-15H2,(H,22,27)(H,23,26). The normalized spacial score (nSPS) is 17.7. The van der Waals surface area contributed by atoms with Crippen molar-refractivity contribution in [3.8, 4) is 0 Å². The van der Waals surface area contributed by atoms with Crippen molar-refractivity contribution in [3.63, 3.8) is 0 Å². The van der Waals surface area contributed by atoms with E-state index in [1.165, 1.54) is 0 Å². The van der Waals surface area contributed by atoms with Crippen LogP contribution in [-0.4, -0.2) is 40.8 Å². The molecule has 6 nitrogen and oxygen atoms in total. The van der Waals surface area contributed by atoms with Crippen molar-refractivity contribution in [1.29, 1.82) is 0 Å². The number of rotatable bonds is 10. The number of amides is 2. The number of carbonyl (C=O) groups is 2. The molecule has 2 rings (SSSR count). The number of carbonyl (C=O) groups excluding carboxylic acids is 2. The largest absolute Gasteiger partial charge is 0.394 e. The fourth-order valence-electron chi connectivity index (χ4n) is 3.64. The number of nitrogens with one attached hydrogen (secondary N) is 2. The first-order chi connectivity index (χ1) is 13.0. The van der Waals surface area contributed by atoms with E-state index in [0.717, 1.165) is 31.2 Å². The van der Waals surface area contributed by atoms with Crippen molar-refractivity contribution in [3.05, 3.63) is 48.6 Å². The van der Waals surface area contributed by atoms with Crippen LogP contribution in [0.15, 0.2) is 43.0 Å². The first kappa shape index (κ1) is 21.1. The third kappa shape index (κ3) is 5.91. The van der Waals surface area contributed by atoms with Crippen LogP contribution in [0.3, 0.4) is 0 Å². The molecule has 148 valence electrons. The highest BCUT2D eigenvalue weighted by molar-refractivity contribution is 5.86. The minimum atomic E-state index is -0.572. The molecule has 1 saturated carbocycles. The molecule has 0 aromatic heterocycles. The Balaban J connectivity index is 1.99. The molecular formula is C21H30N2O4. The summed E-state index contributed by atoms with van der Waals surface area (Å²) in [6.07, 6.45) is 5.47. The van der Waals surface area contributed by atoms with Crippen LogP contribution in [0.1, 0.15) is 50.1 Å². The SMILES string of the molecule is C=CCC(CC(=O)NC1(CO)CCCC1)C(=O)NC(CO)c1ccccc1. The Morgan fingerprint density at radius 3 is 2.41 bits per heavy atom. The average Bonchev–Trinajstić information content (AvgIpc) is 3.15. The van der Waals surface area contributed by atoms with Crippen LogP contribution in [0.2, 0.25) is 0 Å². The Kier molecular flexibility index (Phi) is 8.00. The van der Waals surface area contributed by atoms with Gasteiger partial charge in [-0.2, -0.15) is 0 Å². The van der Waals surface area contributed by atoms with Crippen molar-refractivity contribution >= 4 is 11.8 Å². The van der Waals surface area contributed by atoms with E-state index in [0.29, 0.717) is 6.42 Å². The molecule has 0 spiro atoms. The van der Waals surface area contributed by atoms with E-state index in [4.69, 9.17) is 0 Å². The summed E-state index contributed by atoms with van der Waals surface area (Å²) in [5.74, 6) is -1.11. The van der Waals surface area contributed by atoms with Gasteiger partial charge in [-0.05, 0) is 24.8 Å². The van der Waals surface area contributed by atoms with Gasteiger partial charge >= 0.3 is 0 Å². The van der Waals surface area contributed by atoms with Crippen LogP contribution >= 0.6 is 0 Å². The van der Waals surface area contributed by atoms with E-state index in [-0.39, 0.29) is 31.4 Å². The fraction of sp³-hybridized carbons (Fsp3) is 0.524. The van der Waals surface area contributed by atoms with Crippen LogP contribution in [0.5, 0.6) is 0 Å². The van der Waals surface area contributed by atoms with Gasteiger partial charge < -0.3 is 20.8 Å². The minimum absolute atomic E-state index is 0.0204. The van der Waals surface area contributed by atoms with E-state index >= 15 is 0 Å². The van der Waals surface area contributed by atoms with Crippen molar-refractivity contribution in [2.24, 2.45) is 5.92 Å². The third-order valence-corrected chi connectivity index (χ3v) is 5.22. The van der Waals surface area contributed by atoms with Gasteiger partial charge in [0.2, 0.25) is 11.8 Å². The summed E-state index contributed by atoms with van der Waals surface area (Å²) in [6, 6.07) is 8.70. The second-order valence-corrected chi connectivity index (χ2v) is 7.27. The molecule has 0 heterocycles. The second-order valence-electron chi connectivity index (χ2n) is 7.27. The van der Waals surface area contributed by atoms with Crippen LogP contribution in [0.25, 0.3) is 0 Å². The molecule has 0 bridgehead atoms. The highest BCUT2D eigenvalue weighted by Gasteiger charge is 2.35. The first-order valence-electron chi connectivity index (χ1n) is 9.52. The molecule has 1 aromatic rings. The highest BCUT2D eigenvalue weighted by atomic mass is 16.3. The van der Waals surface area contributed by atoms with E-state index in [1.54, 1.807) is 6.08 Å². The smallest absolute Gasteiger partial charge is 0.224 e. The lowest BCUT2D eigenvalue weighted by molar-refractivity contribution is -0.132. The Morgan fingerprint density at radius 2 is 1.85 bits per heavy atom. The summed E-state index contributed by atoms with van der Waals surface area (Å²) in [7, 11) is 0. The van der Waals surface area contributed by atoms with Gasteiger partial charge in [-0.1, -0.05) is 49.2 Å². The predicted octanol–water partition coefficient (Wildman–Crippen LogP) is 1.84. The molecule has 1 fully saturated rings. The molecule has 0 aliphatic heterocycles. The third-order valence-electron chi connectivity index (χ3n) is 5.22. The Labute approximate surface area is 160 Å². The molecular weight excluding hydrogens is 344 g/mol. The lowest BCUT2D eigenvalue weighted by Crippen LogP contribution is -2.50. The molecule has 4 N–H and O–H groups in total. The van der Waals surface area contributed by atoms with E-state index < -0.39 is 17.5 Å². The van der Waals surface area contributed by atoms with Crippen molar-refractivity contribution in [2.45, 2.75) is 50.1 Å². The van der Waals surface area contributed by atoms with Crippen LogP contribution in [0.4, 0.5) is 0 Å². The number of benzene rings is 1. The molecule has 27 heavy (non-hydrogen) atoms. The predicted molar refractivity (Wildman–Crippen MR) is 104 cm³/mol. The molecule has 2 unspecified atom stereocenters. The molecule has 2 amide bonds. The lowest BCUT2D eigenvalue weighted by Gasteiger charge is -2.29. The molecule has 0 radical (unpaired) electrons. The zero-order valence-electron chi connectivity index (χ0n) is 15.7. The van der Waals surface area contributed by atoms with Gasteiger partial charge in [-0.25, -0.2) is 0 Å². The summed E-state index contributed by atoms with van der Waals surface area (Å²) in [4.78, 5) is 25.2. The Hall–Kier alpha value is -2.18. The molecule has 1 aliphatic carbocycles.